The number of rotatable bonds is 5. The summed E-state index contributed by atoms with van der Waals surface area (Å²) in [6, 6.07) is 13.3. The van der Waals surface area contributed by atoms with Gasteiger partial charge >= 0.3 is 0 Å². The molecule has 1 N–H and O–H groups in total. The van der Waals surface area contributed by atoms with Gasteiger partial charge in [-0.15, -0.1) is 0 Å². The van der Waals surface area contributed by atoms with E-state index in [0.717, 1.165) is 17.1 Å². The molecule has 0 fully saturated rings. The van der Waals surface area contributed by atoms with Crippen LogP contribution in [0.2, 0.25) is 0 Å². The second-order valence-corrected chi connectivity index (χ2v) is 5.29. The summed E-state index contributed by atoms with van der Waals surface area (Å²) in [5.74, 6) is 1.55. The molecule has 0 aromatic heterocycles. The van der Waals surface area contributed by atoms with Crippen LogP contribution in [0.15, 0.2) is 42.5 Å². The maximum Gasteiger partial charge on any atom is 0.126 e. The second kappa shape index (κ2) is 6.64. The van der Waals surface area contributed by atoms with Crippen LogP contribution < -0.4 is 9.47 Å². The van der Waals surface area contributed by atoms with Gasteiger partial charge in [0.1, 0.15) is 23.7 Å². The number of hydrogen-bond acceptors (Lipinski definition) is 3. The summed E-state index contributed by atoms with van der Waals surface area (Å²) in [6.45, 7) is 5.98. The van der Waals surface area contributed by atoms with Crippen molar-refractivity contribution in [3.63, 3.8) is 0 Å². The van der Waals surface area contributed by atoms with Crippen molar-refractivity contribution in [3.8, 4) is 11.5 Å². The topological polar surface area (TPSA) is 38.7 Å². The predicted octanol–water partition coefficient (Wildman–Crippen LogP) is 3.81. The van der Waals surface area contributed by atoms with Gasteiger partial charge in [-0.3, -0.25) is 0 Å². The van der Waals surface area contributed by atoms with Crippen LogP contribution in [0.25, 0.3) is 0 Å². The maximum absolute atomic E-state index is 10.4. The smallest absolute Gasteiger partial charge is 0.126 e. The normalized spacial score (nSPS) is 13.6. The summed E-state index contributed by atoms with van der Waals surface area (Å²) in [5.41, 5.74) is 3.22. The Hall–Kier alpha value is -2.00. The van der Waals surface area contributed by atoms with Crippen LogP contribution in [0.1, 0.15) is 29.7 Å². The summed E-state index contributed by atoms with van der Waals surface area (Å²) in [5, 5.41) is 10.4. The van der Waals surface area contributed by atoms with Crippen molar-refractivity contribution < 1.29 is 14.6 Å². The summed E-state index contributed by atoms with van der Waals surface area (Å²) >= 11 is 0. The van der Waals surface area contributed by atoms with Crippen LogP contribution in [-0.2, 0) is 0 Å². The van der Waals surface area contributed by atoms with Crippen molar-refractivity contribution in [1.29, 1.82) is 0 Å². The van der Waals surface area contributed by atoms with Crippen molar-refractivity contribution >= 4 is 0 Å². The highest BCUT2D eigenvalue weighted by molar-refractivity contribution is 5.34. The third kappa shape index (κ3) is 3.76. The second-order valence-electron chi connectivity index (χ2n) is 5.29. The van der Waals surface area contributed by atoms with Crippen molar-refractivity contribution in [1.82, 2.24) is 0 Å². The van der Waals surface area contributed by atoms with Crippen molar-refractivity contribution in [2.45, 2.75) is 33.0 Å². The van der Waals surface area contributed by atoms with Crippen LogP contribution in [0.3, 0.4) is 0 Å². The number of benzene rings is 2. The Bertz CT molecular complexity index is 590. The molecule has 2 unspecified atom stereocenters. The van der Waals surface area contributed by atoms with E-state index in [4.69, 9.17) is 9.47 Å². The number of aliphatic hydroxyl groups is 1. The van der Waals surface area contributed by atoms with Crippen LogP contribution >= 0.6 is 0 Å². The predicted molar refractivity (Wildman–Crippen MR) is 84.0 cm³/mol. The van der Waals surface area contributed by atoms with E-state index >= 15 is 0 Å². The van der Waals surface area contributed by atoms with Crippen LogP contribution in [0, 0.1) is 13.8 Å². The van der Waals surface area contributed by atoms with Crippen LogP contribution in [-0.4, -0.2) is 18.3 Å². The number of aryl methyl sites for hydroxylation is 2. The highest BCUT2D eigenvalue weighted by atomic mass is 16.5. The monoisotopic (exact) mass is 286 g/mol. The summed E-state index contributed by atoms with van der Waals surface area (Å²) < 4.78 is 11.0. The van der Waals surface area contributed by atoms with E-state index in [1.807, 2.05) is 56.3 Å². The van der Waals surface area contributed by atoms with E-state index in [2.05, 4.69) is 6.92 Å². The SMILES string of the molecule is COc1ccc(C(O)C(C)Oc2ccc(C)c(C)c2)cc1. The Morgan fingerprint density at radius 1 is 0.905 bits per heavy atom. The van der Waals surface area contributed by atoms with Gasteiger partial charge < -0.3 is 14.6 Å². The lowest BCUT2D eigenvalue weighted by molar-refractivity contribution is 0.0467. The van der Waals surface area contributed by atoms with Gasteiger partial charge in [0.25, 0.3) is 0 Å². The molecule has 0 bridgehead atoms. The molecule has 0 aliphatic carbocycles. The lowest BCUT2D eigenvalue weighted by Crippen LogP contribution is -2.21. The van der Waals surface area contributed by atoms with Crippen molar-refractivity contribution in [3.05, 3.63) is 59.2 Å². The summed E-state index contributed by atoms with van der Waals surface area (Å²) in [4.78, 5) is 0. The summed E-state index contributed by atoms with van der Waals surface area (Å²) in [6.07, 6.45) is -1.02. The zero-order valence-electron chi connectivity index (χ0n) is 13.0. The van der Waals surface area contributed by atoms with E-state index in [-0.39, 0.29) is 6.10 Å². The zero-order chi connectivity index (χ0) is 15.4. The Kier molecular flexibility index (Phi) is 4.86. The molecule has 0 amide bonds. The highest BCUT2D eigenvalue weighted by Gasteiger charge is 2.18. The first-order valence-corrected chi connectivity index (χ1v) is 7.07. The average molecular weight is 286 g/mol. The minimum atomic E-state index is -0.683. The lowest BCUT2D eigenvalue weighted by Gasteiger charge is -2.21. The van der Waals surface area contributed by atoms with Gasteiger partial charge in [-0.05, 0) is 61.7 Å². The fourth-order valence-corrected chi connectivity index (χ4v) is 2.14. The van der Waals surface area contributed by atoms with Gasteiger partial charge in [0.15, 0.2) is 0 Å². The average Bonchev–Trinajstić information content (AvgIpc) is 2.50. The molecular weight excluding hydrogens is 264 g/mol. The van der Waals surface area contributed by atoms with E-state index in [1.165, 1.54) is 11.1 Å². The minimum Gasteiger partial charge on any atom is -0.497 e. The van der Waals surface area contributed by atoms with Crippen molar-refractivity contribution in [2.75, 3.05) is 7.11 Å². The van der Waals surface area contributed by atoms with Gasteiger partial charge in [-0.25, -0.2) is 0 Å². The fraction of sp³-hybridized carbons (Fsp3) is 0.333. The molecular formula is C18H22O3. The zero-order valence-corrected chi connectivity index (χ0v) is 13.0. The largest absolute Gasteiger partial charge is 0.497 e. The first-order chi connectivity index (χ1) is 10.0. The molecule has 0 aliphatic heterocycles. The molecule has 2 aromatic rings. The van der Waals surface area contributed by atoms with Gasteiger partial charge in [-0.1, -0.05) is 18.2 Å². The van der Waals surface area contributed by atoms with Gasteiger partial charge in [0.05, 0.1) is 7.11 Å². The minimum absolute atomic E-state index is 0.333. The van der Waals surface area contributed by atoms with Gasteiger partial charge in [-0.2, -0.15) is 0 Å². The number of aliphatic hydroxyl groups excluding tert-OH is 1. The standard InChI is InChI=1S/C18H22O3/c1-12-5-8-17(11-13(12)2)21-14(3)18(19)15-6-9-16(20-4)10-7-15/h5-11,14,18-19H,1-4H3. The Morgan fingerprint density at radius 3 is 2.10 bits per heavy atom. The molecule has 3 heteroatoms. The van der Waals surface area contributed by atoms with Crippen molar-refractivity contribution in [2.24, 2.45) is 0 Å². The Labute approximate surface area is 126 Å². The third-order valence-corrected chi connectivity index (χ3v) is 3.70. The third-order valence-electron chi connectivity index (χ3n) is 3.70. The van der Waals surface area contributed by atoms with E-state index in [1.54, 1.807) is 7.11 Å². The van der Waals surface area contributed by atoms with Gasteiger partial charge in [0.2, 0.25) is 0 Å². The van der Waals surface area contributed by atoms with Gasteiger partial charge in [0, 0.05) is 0 Å². The number of ether oxygens (including phenoxy) is 2. The van der Waals surface area contributed by atoms with Crippen LogP contribution in [0.4, 0.5) is 0 Å². The van der Waals surface area contributed by atoms with E-state index < -0.39 is 6.10 Å². The first-order valence-electron chi connectivity index (χ1n) is 7.07. The quantitative estimate of drug-likeness (QED) is 0.908. The maximum atomic E-state index is 10.4. The first kappa shape index (κ1) is 15.4. The molecule has 21 heavy (non-hydrogen) atoms. The molecule has 112 valence electrons. The Morgan fingerprint density at radius 2 is 1.52 bits per heavy atom. The van der Waals surface area contributed by atoms with Crippen LogP contribution in [0.5, 0.6) is 11.5 Å². The molecule has 0 radical (unpaired) electrons. The molecule has 2 atom stereocenters. The lowest BCUT2D eigenvalue weighted by atomic mass is 10.1. The summed E-state index contributed by atoms with van der Waals surface area (Å²) in [7, 11) is 1.62. The van der Waals surface area contributed by atoms with E-state index in [9.17, 15) is 5.11 Å². The highest BCUT2D eigenvalue weighted by Crippen LogP contribution is 2.25. The molecule has 0 heterocycles. The number of methoxy groups -OCH3 is 1. The molecule has 0 saturated heterocycles. The molecule has 2 aromatic carbocycles. The molecule has 0 aliphatic rings. The molecule has 3 nitrogen and oxygen atoms in total. The Balaban J connectivity index is 2.07. The molecule has 0 saturated carbocycles. The fourth-order valence-electron chi connectivity index (χ4n) is 2.14. The van der Waals surface area contributed by atoms with E-state index in [0.29, 0.717) is 0 Å². The molecule has 2 rings (SSSR count). The number of hydrogen-bond donors (Lipinski definition) is 1. The molecule has 0 spiro atoms.